The van der Waals surface area contributed by atoms with Crippen molar-refractivity contribution < 1.29 is 18.0 Å². The number of anilines is 1. The van der Waals surface area contributed by atoms with Crippen LogP contribution in [0.5, 0.6) is 0 Å². The van der Waals surface area contributed by atoms with Crippen molar-refractivity contribution in [3.63, 3.8) is 0 Å². The van der Waals surface area contributed by atoms with E-state index in [1.54, 1.807) is 18.3 Å². The van der Waals surface area contributed by atoms with Gasteiger partial charge in [0.05, 0.1) is 11.7 Å². The van der Waals surface area contributed by atoms with E-state index in [1.165, 1.54) is 0 Å². The first-order valence-electron chi connectivity index (χ1n) is 7.14. The number of nitrogens with zero attached hydrogens (tertiary/aromatic N) is 1. The Hall–Kier alpha value is -1.86. The van der Waals surface area contributed by atoms with Gasteiger partial charge in [0, 0.05) is 11.4 Å². The molecule has 1 amide bonds. The highest BCUT2D eigenvalue weighted by Crippen LogP contribution is 2.20. The van der Waals surface area contributed by atoms with Gasteiger partial charge in [-0.1, -0.05) is 13.0 Å². The summed E-state index contributed by atoms with van der Waals surface area (Å²) in [6.45, 7) is 4.80. The molecule has 0 aliphatic carbocycles. The molecule has 1 heterocycles. The molecule has 7 heteroatoms. The van der Waals surface area contributed by atoms with E-state index in [0.717, 1.165) is 17.0 Å². The predicted molar refractivity (Wildman–Crippen MR) is 84.8 cm³/mol. The van der Waals surface area contributed by atoms with E-state index in [0.29, 0.717) is 13.1 Å². The van der Waals surface area contributed by atoms with E-state index in [9.17, 15) is 18.0 Å². The van der Waals surface area contributed by atoms with Crippen LogP contribution in [0.3, 0.4) is 0 Å². The molecule has 0 radical (unpaired) electrons. The van der Waals surface area contributed by atoms with Crippen LogP contribution < -0.4 is 5.32 Å². The zero-order valence-electron chi connectivity index (χ0n) is 12.8. The van der Waals surface area contributed by atoms with E-state index < -0.39 is 29.4 Å². The highest BCUT2D eigenvalue weighted by atomic mass is 32.1. The van der Waals surface area contributed by atoms with Crippen molar-refractivity contribution in [2.24, 2.45) is 0 Å². The van der Waals surface area contributed by atoms with Crippen LogP contribution in [0.1, 0.15) is 18.7 Å². The quantitative estimate of drug-likeness (QED) is 0.805. The molecular weight excluding hydrogens is 325 g/mol. The van der Waals surface area contributed by atoms with Gasteiger partial charge in [0.1, 0.15) is 0 Å². The number of carbonyl (C=O) groups excluding carboxylic acids is 1. The molecule has 3 nitrogen and oxygen atoms in total. The lowest BCUT2D eigenvalue weighted by molar-refractivity contribution is -0.120. The van der Waals surface area contributed by atoms with Crippen molar-refractivity contribution >= 4 is 22.9 Å². The third-order valence-electron chi connectivity index (χ3n) is 3.57. The number of hydrogen-bond donors (Lipinski definition) is 1. The molecule has 1 atom stereocenters. The second kappa shape index (κ2) is 7.61. The number of halogens is 3. The van der Waals surface area contributed by atoms with Gasteiger partial charge in [0.25, 0.3) is 0 Å². The smallest absolute Gasteiger partial charge is 0.241 e. The number of benzene rings is 1. The number of carbonyl (C=O) groups is 1. The summed E-state index contributed by atoms with van der Waals surface area (Å²) < 4.78 is 39.8. The van der Waals surface area contributed by atoms with E-state index in [4.69, 9.17) is 0 Å². The van der Waals surface area contributed by atoms with Crippen molar-refractivity contribution in [3.05, 3.63) is 52.0 Å². The summed E-state index contributed by atoms with van der Waals surface area (Å²) in [4.78, 5) is 15.3. The average molecular weight is 342 g/mol. The maximum atomic E-state index is 13.6. The minimum Gasteiger partial charge on any atom is -0.322 e. The number of hydrogen-bond acceptors (Lipinski definition) is 3. The summed E-state index contributed by atoms with van der Waals surface area (Å²) in [5, 5.41) is 4.26. The van der Waals surface area contributed by atoms with Gasteiger partial charge in [-0.3, -0.25) is 9.69 Å². The fourth-order valence-electron chi connectivity index (χ4n) is 2.15. The van der Waals surface area contributed by atoms with Crippen LogP contribution in [0.15, 0.2) is 29.6 Å². The lowest BCUT2D eigenvalue weighted by Gasteiger charge is -2.26. The predicted octanol–water partition coefficient (Wildman–Crippen LogP) is 4.01. The summed E-state index contributed by atoms with van der Waals surface area (Å²) in [7, 11) is 0. The summed E-state index contributed by atoms with van der Waals surface area (Å²) in [5.41, 5.74) is -0.368. The lowest BCUT2D eigenvalue weighted by atomic mass is 10.2. The van der Waals surface area contributed by atoms with Gasteiger partial charge in [-0.25, -0.2) is 13.2 Å². The summed E-state index contributed by atoms with van der Waals surface area (Å²) in [5.74, 6) is -4.76. The largest absolute Gasteiger partial charge is 0.322 e. The molecule has 2 aromatic rings. The van der Waals surface area contributed by atoms with E-state index in [1.807, 2.05) is 29.3 Å². The third-order valence-corrected chi connectivity index (χ3v) is 4.43. The van der Waals surface area contributed by atoms with Crippen LogP contribution >= 0.6 is 11.3 Å². The summed E-state index contributed by atoms with van der Waals surface area (Å²) in [6.07, 6.45) is 0. The Morgan fingerprint density at radius 3 is 2.61 bits per heavy atom. The highest BCUT2D eigenvalue weighted by Gasteiger charge is 2.23. The second-order valence-electron chi connectivity index (χ2n) is 5.03. The number of rotatable bonds is 6. The van der Waals surface area contributed by atoms with Crippen LogP contribution in [0.2, 0.25) is 0 Å². The van der Waals surface area contributed by atoms with Crippen molar-refractivity contribution in [2.45, 2.75) is 26.4 Å². The Morgan fingerprint density at radius 1 is 1.26 bits per heavy atom. The summed E-state index contributed by atoms with van der Waals surface area (Å²) in [6, 6.07) is 5.13. The molecule has 23 heavy (non-hydrogen) atoms. The molecule has 124 valence electrons. The number of amides is 1. The van der Waals surface area contributed by atoms with Crippen molar-refractivity contribution in [1.82, 2.24) is 4.90 Å². The molecule has 1 aromatic heterocycles. The molecule has 2 rings (SSSR count). The summed E-state index contributed by atoms with van der Waals surface area (Å²) >= 11 is 1.58. The van der Waals surface area contributed by atoms with E-state index >= 15 is 0 Å². The highest BCUT2D eigenvalue weighted by molar-refractivity contribution is 7.09. The monoisotopic (exact) mass is 342 g/mol. The maximum absolute atomic E-state index is 13.6. The molecule has 0 aliphatic rings. The van der Waals surface area contributed by atoms with Crippen molar-refractivity contribution in [3.8, 4) is 0 Å². The first-order chi connectivity index (χ1) is 10.9. The first kappa shape index (κ1) is 17.5. The van der Waals surface area contributed by atoms with E-state index in [2.05, 4.69) is 5.32 Å². The minimum atomic E-state index is -1.60. The first-order valence-corrected chi connectivity index (χ1v) is 8.02. The Morgan fingerprint density at radius 2 is 2.00 bits per heavy atom. The lowest BCUT2D eigenvalue weighted by Crippen LogP contribution is -2.41. The van der Waals surface area contributed by atoms with Gasteiger partial charge in [0.15, 0.2) is 17.5 Å². The van der Waals surface area contributed by atoms with Gasteiger partial charge >= 0.3 is 0 Å². The molecule has 0 saturated heterocycles. The molecule has 0 spiro atoms. The van der Waals surface area contributed by atoms with Crippen LogP contribution in [0, 0.1) is 17.5 Å². The normalized spacial score (nSPS) is 12.4. The average Bonchev–Trinajstić information content (AvgIpc) is 3.05. The zero-order valence-corrected chi connectivity index (χ0v) is 13.6. The van der Waals surface area contributed by atoms with Gasteiger partial charge in [-0.2, -0.15) is 0 Å². The Kier molecular flexibility index (Phi) is 5.79. The minimum absolute atomic E-state index is 0.368. The standard InChI is InChI=1S/C16H17F3N2OS/c1-3-21(9-11-5-4-8-23-11)10(2)16(22)20-13-7-6-12(17)14(18)15(13)19/h4-8,10H,3,9H2,1-2H3,(H,20,22)/t10-/m0/s1. The SMILES string of the molecule is CCN(Cc1cccs1)[C@@H](C)C(=O)Nc1ccc(F)c(F)c1F. The molecule has 0 fully saturated rings. The molecule has 1 N–H and O–H groups in total. The van der Waals surface area contributed by atoms with Gasteiger partial charge in [0.2, 0.25) is 5.91 Å². The molecule has 0 saturated carbocycles. The van der Waals surface area contributed by atoms with Gasteiger partial charge in [-0.15, -0.1) is 11.3 Å². The number of thiophene rings is 1. The third kappa shape index (κ3) is 4.11. The molecular formula is C16H17F3N2OS. The topological polar surface area (TPSA) is 32.3 Å². The molecule has 0 bridgehead atoms. The van der Waals surface area contributed by atoms with Crippen molar-refractivity contribution in [2.75, 3.05) is 11.9 Å². The number of nitrogens with one attached hydrogen (secondary N) is 1. The van der Waals surface area contributed by atoms with Crippen molar-refractivity contribution in [1.29, 1.82) is 0 Å². The maximum Gasteiger partial charge on any atom is 0.241 e. The van der Waals surface area contributed by atoms with Gasteiger partial charge < -0.3 is 5.32 Å². The van der Waals surface area contributed by atoms with Crippen LogP contribution in [-0.4, -0.2) is 23.4 Å². The fraction of sp³-hybridized carbons (Fsp3) is 0.312. The van der Waals surface area contributed by atoms with Crippen LogP contribution in [0.25, 0.3) is 0 Å². The number of likely N-dealkylation sites (N-methyl/N-ethyl adjacent to an activating group) is 1. The Balaban J connectivity index is 2.08. The van der Waals surface area contributed by atoms with Gasteiger partial charge in [-0.05, 0) is 37.0 Å². The zero-order chi connectivity index (χ0) is 17.0. The van der Waals surface area contributed by atoms with E-state index in [-0.39, 0.29) is 5.69 Å². The molecule has 0 aliphatic heterocycles. The second-order valence-corrected chi connectivity index (χ2v) is 6.06. The Bertz CT molecular complexity index is 676. The van der Waals surface area contributed by atoms with Crippen LogP contribution in [0.4, 0.5) is 18.9 Å². The molecule has 1 aromatic carbocycles. The Labute approximate surface area is 136 Å². The molecule has 0 unspecified atom stereocenters. The van der Waals surface area contributed by atoms with Crippen LogP contribution in [-0.2, 0) is 11.3 Å². The fourth-order valence-corrected chi connectivity index (χ4v) is 2.88.